The minimum Gasteiger partial charge on any atom is -0.340 e. The van der Waals surface area contributed by atoms with Crippen LogP contribution in [-0.2, 0) is 19.6 Å². The van der Waals surface area contributed by atoms with Crippen LogP contribution in [-0.4, -0.2) is 22.8 Å². The quantitative estimate of drug-likeness (QED) is 0.0314. The van der Waals surface area contributed by atoms with Crippen LogP contribution < -0.4 is 0 Å². The van der Waals surface area contributed by atoms with Gasteiger partial charge in [-0.05, 0) is 177 Å². The highest BCUT2D eigenvalue weighted by molar-refractivity contribution is 6.13. The van der Waals surface area contributed by atoms with E-state index < -0.39 is 57.9 Å². The van der Waals surface area contributed by atoms with Crippen LogP contribution in [0, 0.1) is 93.9 Å². The zero-order valence-corrected chi connectivity index (χ0v) is 63.6. The Labute approximate surface area is 656 Å². The van der Waals surface area contributed by atoms with Gasteiger partial charge in [-0.3, -0.25) is 0 Å². The van der Waals surface area contributed by atoms with E-state index in [9.17, 15) is 17.6 Å². The predicted molar refractivity (Wildman–Crippen MR) is 450 cm³/mol. The Morgan fingerprint density at radius 1 is 0.211 bits per heavy atom. The van der Waals surface area contributed by atoms with Crippen molar-refractivity contribution in [3.8, 4) is 58.7 Å². The molecule has 0 saturated heterocycles. The number of para-hydroxylation sites is 2. The van der Waals surface area contributed by atoms with Crippen LogP contribution in [0.4, 0.5) is 35.1 Å². The summed E-state index contributed by atoms with van der Waals surface area (Å²) in [6, 6.07) is 63.7. The molecule has 0 unspecified atom stereocenters. The Morgan fingerprint density at radius 3 is 0.649 bits per heavy atom. The second-order valence-electron chi connectivity index (χ2n) is 29.9. The highest BCUT2D eigenvalue weighted by atomic mass is 19.2. The van der Waals surface area contributed by atoms with Gasteiger partial charge in [-0.15, -0.1) is 0 Å². The lowest BCUT2D eigenvalue weighted by Gasteiger charge is -2.11. The number of hydrogen-bond donors (Lipinski definition) is 0. The van der Waals surface area contributed by atoms with Crippen molar-refractivity contribution < 1.29 is 35.1 Å². The average Bonchev–Trinajstić information content (AvgIpc) is 1.59. The first-order chi connectivity index (χ1) is 55.7. The Hall–Kier alpha value is -12.7. The molecule has 0 aliphatic heterocycles. The predicted octanol–water partition coefficient (Wildman–Crippen LogP) is 26.8. The van der Waals surface area contributed by atoms with Gasteiger partial charge in [0.15, 0.2) is 46.5 Å². The summed E-state index contributed by atoms with van der Waals surface area (Å²) in [4.78, 5) is 0. The molecule has 0 amide bonds. The SMILES string of the molecule is CCCCCCCn1c2ccc(C#Cc3ccc4c(c3)c3cc(C#Cc5ccc6c(c5)c5ccccc5n6-c5c(F)c(F)cc(F)c5F)ccc3n4CCCCCCC)cc2c2cc(C#Cc3ccc4c(c3)c3cc(C#Cc5ccc6c(c5)c5ccccc5n6-c5c(F)c(F)cc(F)c5F)ccc3n4CCCCCCC)ccc21. The number of unbranched alkanes of at least 4 members (excludes halogenated alkanes) is 12. The van der Waals surface area contributed by atoms with Crippen molar-refractivity contribution in [3.05, 3.63) is 297 Å². The number of halogens is 8. The maximum absolute atomic E-state index is 15.4. The van der Waals surface area contributed by atoms with Gasteiger partial charge in [0.05, 0.1) is 22.1 Å². The van der Waals surface area contributed by atoms with Gasteiger partial charge >= 0.3 is 0 Å². The van der Waals surface area contributed by atoms with Gasteiger partial charge in [0.25, 0.3) is 0 Å². The van der Waals surface area contributed by atoms with Crippen molar-refractivity contribution in [1.29, 1.82) is 0 Å². The first kappa shape index (κ1) is 74.1. The van der Waals surface area contributed by atoms with E-state index in [2.05, 4.69) is 179 Å². The number of hydrogen-bond acceptors (Lipinski definition) is 0. The van der Waals surface area contributed by atoms with Gasteiger partial charge in [0, 0.05) is 163 Å². The highest BCUT2D eigenvalue weighted by Crippen LogP contribution is 2.41. The zero-order valence-electron chi connectivity index (χ0n) is 63.6. The molecule has 0 bridgehead atoms. The first-order valence-electron chi connectivity index (χ1n) is 39.7. The van der Waals surface area contributed by atoms with Crippen LogP contribution in [0.3, 0.4) is 0 Å². The Morgan fingerprint density at radius 2 is 0.412 bits per heavy atom. The Balaban J connectivity index is 0.694. The molecule has 13 heteroatoms. The second kappa shape index (κ2) is 31.8. The van der Waals surface area contributed by atoms with E-state index in [1.807, 2.05) is 36.4 Å². The maximum atomic E-state index is 15.4. The molecule has 0 radical (unpaired) electrons. The third-order valence-electron chi connectivity index (χ3n) is 22.4. The van der Waals surface area contributed by atoms with E-state index in [4.69, 9.17) is 0 Å². The van der Waals surface area contributed by atoms with E-state index in [-0.39, 0.29) is 12.1 Å². The first-order valence-corrected chi connectivity index (χ1v) is 39.7. The fourth-order valence-electron chi connectivity index (χ4n) is 16.8. The van der Waals surface area contributed by atoms with Crippen molar-refractivity contribution >= 4 is 109 Å². The Kier molecular flexibility index (Phi) is 20.7. The third kappa shape index (κ3) is 14.0. The molecule has 17 rings (SSSR count). The van der Waals surface area contributed by atoms with Crippen molar-refractivity contribution in [2.45, 2.75) is 137 Å². The molecule has 0 atom stereocenters. The standard InChI is InChI=1S/C101H79F8N5/c1-4-7-10-13-20-51-110-86-43-35-64(27-29-66-37-45-88-78(58-66)80-60-68(39-47-90(80)111(88)52-21-14-11-8-5-2)31-33-70-41-49-94-74(54-70)72-23-16-18-25-92(72)113(94)100-96(106)82(102)62-83(103)97(100)107)56-76(86)77-57-65(36-44-87(77)110)28-30-67-38-46-89-79(59-67)81-61-69(40-48-91(81)112(89)53-22-15-12-9-6-3)32-34-71-42-50-95-75(55-71)73-24-17-19-26-93(73)114(95)101-98(108)84(104)63-85(105)99(101)109/h16-19,23-26,35-50,54-63H,4-15,20-22,51-53H2,1-3H3. The van der Waals surface area contributed by atoms with E-state index >= 15 is 17.6 Å². The van der Waals surface area contributed by atoms with Crippen LogP contribution in [0.1, 0.15) is 162 Å². The van der Waals surface area contributed by atoms with Gasteiger partial charge in [-0.1, -0.05) is 182 Å². The summed E-state index contributed by atoms with van der Waals surface area (Å²) >= 11 is 0. The number of benzene rings is 12. The molecule has 564 valence electrons. The number of fused-ring (bicyclic) bond motifs is 15. The molecule has 114 heavy (non-hydrogen) atoms. The third-order valence-corrected chi connectivity index (χ3v) is 22.4. The minimum atomic E-state index is -1.48. The van der Waals surface area contributed by atoms with Crippen LogP contribution in [0.5, 0.6) is 0 Å². The lowest BCUT2D eigenvalue weighted by Crippen LogP contribution is -2.06. The van der Waals surface area contributed by atoms with Crippen LogP contribution in [0.2, 0.25) is 0 Å². The maximum Gasteiger partial charge on any atom is 0.186 e. The van der Waals surface area contributed by atoms with Gasteiger partial charge in [-0.2, -0.15) is 0 Å². The van der Waals surface area contributed by atoms with Crippen molar-refractivity contribution in [1.82, 2.24) is 22.8 Å². The normalized spacial score (nSPS) is 11.6. The number of aromatic nitrogens is 5. The summed E-state index contributed by atoms with van der Waals surface area (Å²) in [6.45, 7) is 9.30. The second-order valence-corrected chi connectivity index (χ2v) is 29.9. The summed E-state index contributed by atoms with van der Waals surface area (Å²) in [6.07, 6.45) is 17.2. The van der Waals surface area contributed by atoms with Gasteiger partial charge in [0.1, 0.15) is 11.4 Å². The lowest BCUT2D eigenvalue weighted by atomic mass is 10.0. The molecule has 0 fully saturated rings. The summed E-state index contributed by atoms with van der Waals surface area (Å²) in [7, 11) is 0. The zero-order chi connectivity index (χ0) is 78.3. The van der Waals surface area contributed by atoms with Gasteiger partial charge in [-0.25, -0.2) is 35.1 Å². The fourth-order valence-corrected chi connectivity index (χ4v) is 16.8. The van der Waals surface area contributed by atoms with E-state index in [0.29, 0.717) is 54.7 Å². The smallest absolute Gasteiger partial charge is 0.186 e. The molecule has 0 aliphatic rings. The molecule has 12 aromatic carbocycles. The number of nitrogens with zero attached hydrogens (tertiary/aromatic N) is 5. The molecule has 0 saturated carbocycles. The molecular weight excluding hydrogens is 1440 g/mol. The molecule has 0 N–H and O–H groups in total. The van der Waals surface area contributed by atoms with E-state index in [1.54, 1.807) is 60.7 Å². The van der Waals surface area contributed by atoms with Crippen LogP contribution >= 0.6 is 0 Å². The largest absolute Gasteiger partial charge is 0.340 e. The summed E-state index contributed by atoms with van der Waals surface area (Å²) in [5, 5.41) is 9.01. The molecule has 5 aromatic heterocycles. The molecule has 0 aliphatic carbocycles. The van der Waals surface area contributed by atoms with Gasteiger partial charge in [0.2, 0.25) is 0 Å². The Bertz CT molecular complexity index is 6550. The molecule has 0 spiro atoms. The van der Waals surface area contributed by atoms with E-state index in [1.165, 1.54) is 54.1 Å². The lowest BCUT2D eigenvalue weighted by molar-refractivity contribution is 0.449. The summed E-state index contributed by atoms with van der Waals surface area (Å²) in [5.41, 5.74) is 13.0. The molecular formula is C101H79F8N5. The van der Waals surface area contributed by atoms with Crippen molar-refractivity contribution in [2.24, 2.45) is 0 Å². The summed E-state index contributed by atoms with van der Waals surface area (Å²) in [5.74, 6) is 15.9. The van der Waals surface area contributed by atoms with Crippen molar-refractivity contribution in [3.63, 3.8) is 0 Å². The monoisotopic (exact) mass is 1510 g/mol. The minimum absolute atomic E-state index is 0.219. The topological polar surface area (TPSA) is 24.6 Å². The van der Waals surface area contributed by atoms with Crippen LogP contribution in [0.15, 0.2) is 206 Å². The average molecular weight is 1510 g/mol. The number of aryl methyl sites for hydroxylation is 3. The highest BCUT2D eigenvalue weighted by Gasteiger charge is 2.27. The summed E-state index contributed by atoms with van der Waals surface area (Å²) < 4.78 is 130. The van der Waals surface area contributed by atoms with E-state index in [0.717, 1.165) is 170 Å². The van der Waals surface area contributed by atoms with Crippen LogP contribution in [0.25, 0.3) is 120 Å². The molecule has 5 heterocycles. The number of rotatable bonds is 20. The molecule has 5 nitrogen and oxygen atoms in total. The van der Waals surface area contributed by atoms with Crippen molar-refractivity contribution in [2.75, 3.05) is 0 Å². The fraction of sp³-hybridized carbons (Fsp3) is 0.208. The molecule has 17 aromatic rings. The van der Waals surface area contributed by atoms with Gasteiger partial charge < -0.3 is 22.8 Å².